The minimum absolute atomic E-state index is 0.0263. The van der Waals surface area contributed by atoms with Gasteiger partial charge in [-0.05, 0) is 6.72 Å². The Bertz CT molecular complexity index is 305. The fourth-order valence-electron chi connectivity index (χ4n) is 0.751. The van der Waals surface area contributed by atoms with Gasteiger partial charge < -0.3 is 10.4 Å². The molecule has 0 aliphatic carbocycles. The van der Waals surface area contributed by atoms with Gasteiger partial charge in [-0.2, -0.15) is 9.97 Å². The van der Waals surface area contributed by atoms with Crippen LogP contribution in [0, 0.1) is 0 Å². The molecule has 13 heavy (non-hydrogen) atoms. The molecule has 0 unspecified atom stereocenters. The summed E-state index contributed by atoms with van der Waals surface area (Å²) < 4.78 is 0. The van der Waals surface area contributed by atoms with Crippen molar-refractivity contribution in [2.75, 3.05) is 18.5 Å². The summed E-state index contributed by atoms with van der Waals surface area (Å²) in [7, 11) is 0. The maximum absolute atomic E-state index is 8.55. The molecule has 2 N–H and O–H groups in total. The van der Waals surface area contributed by atoms with Crippen LogP contribution in [-0.4, -0.2) is 34.9 Å². The molecule has 1 aromatic rings. The second-order valence-corrected chi connectivity index (χ2v) is 2.57. The Kier molecular flexibility index (Phi) is 3.60. The lowest BCUT2D eigenvalue weighted by atomic mass is 10.5. The lowest BCUT2D eigenvalue weighted by Gasteiger charge is -2.03. The number of nitrogens with zero attached hydrogens (tertiary/aromatic N) is 3. The van der Waals surface area contributed by atoms with Crippen LogP contribution >= 0.6 is 11.6 Å². The monoisotopic (exact) mass is 200 g/mol. The SMILES string of the molecule is C=Nc1nc(Cl)cc(NCCO)n1. The zero-order valence-electron chi connectivity index (χ0n) is 6.87. The zero-order valence-corrected chi connectivity index (χ0v) is 7.62. The Morgan fingerprint density at radius 1 is 1.62 bits per heavy atom. The van der Waals surface area contributed by atoms with Gasteiger partial charge in [-0.3, -0.25) is 0 Å². The van der Waals surface area contributed by atoms with E-state index in [-0.39, 0.29) is 17.7 Å². The van der Waals surface area contributed by atoms with Gasteiger partial charge in [0.1, 0.15) is 11.0 Å². The minimum atomic E-state index is 0.0263. The van der Waals surface area contributed by atoms with Crippen LogP contribution in [-0.2, 0) is 0 Å². The summed E-state index contributed by atoms with van der Waals surface area (Å²) in [5, 5.41) is 11.7. The highest BCUT2D eigenvalue weighted by molar-refractivity contribution is 6.29. The molecular weight excluding hydrogens is 192 g/mol. The Morgan fingerprint density at radius 2 is 2.38 bits per heavy atom. The van der Waals surface area contributed by atoms with Crippen LogP contribution in [0.3, 0.4) is 0 Å². The molecular formula is C7H9ClN4O. The van der Waals surface area contributed by atoms with Gasteiger partial charge in [-0.1, -0.05) is 11.6 Å². The predicted molar refractivity (Wildman–Crippen MR) is 51.8 cm³/mol. The standard InChI is InChI=1S/C7H9ClN4O/c1-9-7-11-5(8)4-6(12-7)10-2-3-13/h4,13H,1-3H2,(H,10,11,12). The summed E-state index contributed by atoms with van der Waals surface area (Å²) >= 11 is 5.67. The molecule has 1 aromatic heterocycles. The summed E-state index contributed by atoms with van der Waals surface area (Å²) in [6.45, 7) is 3.72. The number of aliphatic hydroxyl groups is 1. The van der Waals surface area contributed by atoms with Crippen molar-refractivity contribution < 1.29 is 5.11 Å². The maximum atomic E-state index is 8.55. The smallest absolute Gasteiger partial charge is 0.252 e. The molecule has 5 nitrogen and oxygen atoms in total. The van der Waals surface area contributed by atoms with E-state index in [0.29, 0.717) is 12.4 Å². The van der Waals surface area contributed by atoms with Crippen molar-refractivity contribution in [1.29, 1.82) is 0 Å². The highest BCUT2D eigenvalue weighted by Crippen LogP contribution is 2.15. The van der Waals surface area contributed by atoms with Gasteiger partial charge >= 0.3 is 0 Å². The highest BCUT2D eigenvalue weighted by atomic mass is 35.5. The van der Waals surface area contributed by atoms with Crippen molar-refractivity contribution in [2.24, 2.45) is 4.99 Å². The molecule has 0 aliphatic heterocycles. The lowest BCUT2D eigenvalue weighted by molar-refractivity contribution is 0.311. The van der Waals surface area contributed by atoms with Crippen molar-refractivity contribution in [3.8, 4) is 0 Å². The third-order valence-corrected chi connectivity index (χ3v) is 1.44. The van der Waals surface area contributed by atoms with Crippen LogP contribution in [0.2, 0.25) is 5.15 Å². The molecule has 1 heterocycles. The zero-order chi connectivity index (χ0) is 9.68. The normalized spacial score (nSPS) is 9.69. The molecule has 0 aromatic carbocycles. The molecule has 1 rings (SSSR count). The average Bonchev–Trinajstić information content (AvgIpc) is 2.14. The number of anilines is 1. The first-order chi connectivity index (χ1) is 6.26. The van der Waals surface area contributed by atoms with E-state index in [1.807, 2.05) is 0 Å². The fourth-order valence-corrected chi connectivity index (χ4v) is 0.930. The summed E-state index contributed by atoms with van der Waals surface area (Å²) in [5.74, 6) is 0.740. The molecule has 0 fully saturated rings. The van der Waals surface area contributed by atoms with Gasteiger partial charge in [0.15, 0.2) is 0 Å². The molecule has 0 radical (unpaired) electrons. The molecule has 0 amide bonds. The first-order valence-corrected chi connectivity index (χ1v) is 4.00. The topological polar surface area (TPSA) is 70.4 Å². The average molecular weight is 201 g/mol. The molecule has 0 saturated heterocycles. The van der Waals surface area contributed by atoms with E-state index in [1.165, 1.54) is 0 Å². The second kappa shape index (κ2) is 4.74. The summed E-state index contributed by atoms with van der Waals surface area (Å²) in [5.41, 5.74) is 0. The number of hydrogen-bond donors (Lipinski definition) is 2. The van der Waals surface area contributed by atoms with Crippen LogP contribution in [0.5, 0.6) is 0 Å². The van der Waals surface area contributed by atoms with Crippen LogP contribution in [0.1, 0.15) is 0 Å². The van der Waals surface area contributed by atoms with Crippen molar-refractivity contribution in [2.45, 2.75) is 0 Å². The number of rotatable bonds is 4. The Balaban J connectivity index is 2.81. The number of halogens is 1. The van der Waals surface area contributed by atoms with Crippen molar-refractivity contribution in [1.82, 2.24) is 9.97 Å². The maximum Gasteiger partial charge on any atom is 0.252 e. The summed E-state index contributed by atoms with van der Waals surface area (Å²) in [6, 6.07) is 1.55. The predicted octanol–water partition coefficient (Wildman–Crippen LogP) is 0.866. The number of nitrogens with one attached hydrogen (secondary N) is 1. The Morgan fingerprint density at radius 3 is 3.00 bits per heavy atom. The van der Waals surface area contributed by atoms with E-state index < -0.39 is 0 Å². The summed E-state index contributed by atoms with van der Waals surface area (Å²) in [4.78, 5) is 11.3. The van der Waals surface area contributed by atoms with Crippen LogP contribution in [0.25, 0.3) is 0 Å². The first-order valence-electron chi connectivity index (χ1n) is 3.62. The van der Waals surface area contributed by atoms with Crippen molar-refractivity contribution >= 4 is 30.1 Å². The van der Waals surface area contributed by atoms with Gasteiger partial charge in [0, 0.05) is 12.6 Å². The quantitative estimate of drug-likeness (QED) is 0.559. The Labute approximate surface area is 80.5 Å². The van der Waals surface area contributed by atoms with E-state index in [1.54, 1.807) is 6.07 Å². The van der Waals surface area contributed by atoms with Gasteiger partial charge in [0.05, 0.1) is 6.61 Å². The third kappa shape index (κ3) is 2.96. The van der Waals surface area contributed by atoms with E-state index >= 15 is 0 Å². The van der Waals surface area contributed by atoms with E-state index in [9.17, 15) is 0 Å². The number of aromatic nitrogens is 2. The second-order valence-electron chi connectivity index (χ2n) is 2.18. The largest absolute Gasteiger partial charge is 0.395 e. The first kappa shape index (κ1) is 9.88. The third-order valence-electron chi connectivity index (χ3n) is 1.24. The van der Waals surface area contributed by atoms with Crippen molar-refractivity contribution in [3.05, 3.63) is 11.2 Å². The van der Waals surface area contributed by atoms with E-state index in [0.717, 1.165) is 0 Å². The number of aliphatic imine (C=N–C) groups is 1. The van der Waals surface area contributed by atoms with Crippen LogP contribution in [0.4, 0.5) is 11.8 Å². The van der Waals surface area contributed by atoms with Gasteiger partial charge in [-0.15, -0.1) is 0 Å². The van der Waals surface area contributed by atoms with Crippen LogP contribution in [0.15, 0.2) is 11.1 Å². The molecule has 0 aliphatic rings. The minimum Gasteiger partial charge on any atom is -0.395 e. The lowest BCUT2D eigenvalue weighted by Crippen LogP contribution is -2.07. The molecule has 0 bridgehead atoms. The Hall–Kier alpha value is -1.20. The molecule has 6 heteroatoms. The fraction of sp³-hybridized carbons (Fsp3) is 0.286. The molecule has 0 spiro atoms. The number of hydrogen-bond acceptors (Lipinski definition) is 5. The van der Waals surface area contributed by atoms with E-state index in [2.05, 4.69) is 27.0 Å². The van der Waals surface area contributed by atoms with Gasteiger partial charge in [0.2, 0.25) is 0 Å². The van der Waals surface area contributed by atoms with Gasteiger partial charge in [-0.25, -0.2) is 4.99 Å². The molecule has 0 atom stereocenters. The van der Waals surface area contributed by atoms with Gasteiger partial charge in [0.25, 0.3) is 5.95 Å². The number of aliphatic hydroxyl groups excluding tert-OH is 1. The van der Waals surface area contributed by atoms with Crippen molar-refractivity contribution in [3.63, 3.8) is 0 Å². The van der Waals surface area contributed by atoms with Crippen LogP contribution < -0.4 is 5.32 Å². The molecule has 70 valence electrons. The molecule has 0 saturated carbocycles. The highest BCUT2D eigenvalue weighted by Gasteiger charge is 1.99. The summed E-state index contributed by atoms with van der Waals surface area (Å²) in [6.07, 6.45) is 0. The van der Waals surface area contributed by atoms with E-state index in [4.69, 9.17) is 16.7 Å².